The lowest BCUT2D eigenvalue weighted by molar-refractivity contribution is 0.258. The van der Waals surface area contributed by atoms with Gasteiger partial charge >= 0.3 is 0 Å². The first-order valence-corrected chi connectivity index (χ1v) is 11.3. The van der Waals surface area contributed by atoms with E-state index in [4.69, 9.17) is 0 Å². The Kier molecular flexibility index (Phi) is 5.93. The monoisotopic (exact) mass is 416 g/mol. The molecular weight excluding hydrogens is 392 g/mol. The van der Waals surface area contributed by atoms with E-state index in [1.807, 2.05) is 19.9 Å². The summed E-state index contributed by atoms with van der Waals surface area (Å²) in [5.41, 5.74) is 1.03. The average molecular weight is 417 g/mol. The highest BCUT2D eigenvalue weighted by Gasteiger charge is 2.17. The third-order valence-electron chi connectivity index (χ3n) is 5.14. The number of nitrogens with zero attached hydrogens (tertiary/aromatic N) is 5. The molecule has 1 aliphatic rings. The first-order chi connectivity index (χ1) is 13.6. The molecule has 0 amide bonds. The fourth-order valence-electron chi connectivity index (χ4n) is 3.43. The minimum atomic E-state index is -0.0183. The van der Waals surface area contributed by atoms with E-state index in [0.717, 1.165) is 76.5 Å². The minimum Gasteiger partial charge on any atom is -0.354 e. The third-order valence-corrected chi connectivity index (χ3v) is 7.20. The number of aryl methyl sites for hydroxylation is 2. The summed E-state index contributed by atoms with van der Waals surface area (Å²) < 4.78 is 0. The van der Waals surface area contributed by atoms with Crippen molar-refractivity contribution >= 4 is 39.1 Å². The van der Waals surface area contributed by atoms with Gasteiger partial charge in [0.05, 0.1) is 5.39 Å². The number of fused-ring (bicyclic) bond motifs is 1. The van der Waals surface area contributed by atoms with Crippen molar-refractivity contribution in [3.63, 3.8) is 0 Å². The molecule has 0 aliphatic carbocycles. The minimum absolute atomic E-state index is 0.0183. The second-order valence-electron chi connectivity index (χ2n) is 6.93. The van der Waals surface area contributed by atoms with Crippen molar-refractivity contribution < 1.29 is 0 Å². The fourth-order valence-corrected chi connectivity index (χ4v) is 5.31. The van der Waals surface area contributed by atoms with Crippen LogP contribution in [0.3, 0.4) is 0 Å². The highest BCUT2D eigenvalue weighted by atomic mass is 32.2. The maximum Gasteiger partial charge on any atom is 0.260 e. The van der Waals surface area contributed by atoms with E-state index < -0.39 is 0 Å². The van der Waals surface area contributed by atoms with Crippen LogP contribution in [0.4, 0.5) is 5.82 Å². The van der Waals surface area contributed by atoms with Crippen LogP contribution >= 0.6 is 23.1 Å². The SMILES string of the molecule is Cc1sc2nc(SCCCN3CCN(c4ccncn4)CC3)[nH]c(=O)c2c1C. The van der Waals surface area contributed by atoms with Gasteiger partial charge in [0.1, 0.15) is 17.0 Å². The van der Waals surface area contributed by atoms with E-state index in [1.165, 1.54) is 0 Å². The number of rotatable bonds is 6. The zero-order chi connectivity index (χ0) is 19.5. The molecule has 28 heavy (non-hydrogen) atoms. The summed E-state index contributed by atoms with van der Waals surface area (Å²) in [6.07, 6.45) is 4.47. The third kappa shape index (κ3) is 4.21. The highest BCUT2D eigenvalue weighted by Crippen LogP contribution is 2.27. The molecule has 3 aromatic heterocycles. The first-order valence-electron chi connectivity index (χ1n) is 9.48. The number of nitrogens with one attached hydrogen (secondary N) is 1. The molecule has 0 saturated carbocycles. The van der Waals surface area contributed by atoms with Crippen LogP contribution in [-0.4, -0.2) is 63.3 Å². The molecule has 0 unspecified atom stereocenters. The number of thioether (sulfide) groups is 1. The van der Waals surface area contributed by atoms with Crippen molar-refractivity contribution in [2.75, 3.05) is 43.4 Å². The molecule has 9 heteroatoms. The highest BCUT2D eigenvalue weighted by molar-refractivity contribution is 7.99. The van der Waals surface area contributed by atoms with Gasteiger partial charge in [-0.2, -0.15) is 0 Å². The molecular formula is C19H24N6OS2. The summed E-state index contributed by atoms with van der Waals surface area (Å²) in [4.78, 5) is 35.0. The lowest BCUT2D eigenvalue weighted by Crippen LogP contribution is -2.47. The molecule has 3 aromatic rings. The molecule has 4 heterocycles. The summed E-state index contributed by atoms with van der Waals surface area (Å²) in [7, 11) is 0. The number of piperazine rings is 1. The van der Waals surface area contributed by atoms with Crippen LogP contribution in [0.2, 0.25) is 0 Å². The Labute approximate surface area is 172 Å². The number of thiophene rings is 1. The van der Waals surface area contributed by atoms with Crippen LogP contribution in [0.25, 0.3) is 10.2 Å². The van der Waals surface area contributed by atoms with Crippen molar-refractivity contribution in [2.45, 2.75) is 25.4 Å². The van der Waals surface area contributed by atoms with Gasteiger partial charge in [-0.25, -0.2) is 15.0 Å². The summed E-state index contributed by atoms with van der Waals surface area (Å²) in [6, 6.07) is 1.97. The van der Waals surface area contributed by atoms with E-state index >= 15 is 0 Å². The quantitative estimate of drug-likeness (QED) is 0.376. The molecule has 148 valence electrons. The molecule has 0 bridgehead atoms. The fraction of sp³-hybridized carbons (Fsp3) is 0.474. The van der Waals surface area contributed by atoms with Gasteiger partial charge in [0.25, 0.3) is 5.56 Å². The molecule has 4 rings (SSSR count). The Bertz CT molecular complexity index is 995. The van der Waals surface area contributed by atoms with Gasteiger partial charge in [0.15, 0.2) is 5.16 Å². The molecule has 7 nitrogen and oxygen atoms in total. The maximum absolute atomic E-state index is 12.3. The second kappa shape index (κ2) is 8.59. The van der Waals surface area contributed by atoms with Crippen LogP contribution < -0.4 is 10.5 Å². The second-order valence-corrected chi connectivity index (χ2v) is 9.22. The van der Waals surface area contributed by atoms with Crippen molar-refractivity contribution in [1.29, 1.82) is 0 Å². The topological polar surface area (TPSA) is 78.0 Å². The molecule has 1 N–H and O–H groups in total. The summed E-state index contributed by atoms with van der Waals surface area (Å²) >= 11 is 3.24. The Balaban J connectivity index is 1.24. The molecule has 0 aromatic carbocycles. The largest absolute Gasteiger partial charge is 0.354 e. The van der Waals surface area contributed by atoms with Crippen LogP contribution in [-0.2, 0) is 0 Å². The standard InChI is InChI=1S/C19H24N6OS2/c1-13-14(2)28-18-16(13)17(26)22-19(23-18)27-11-3-6-24-7-9-25(10-8-24)15-4-5-20-12-21-15/h4-5,12H,3,6-11H2,1-2H3,(H,22,23,26). The van der Waals surface area contributed by atoms with Gasteiger partial charge in [-0.05, 0) is 38.4 Å². The molecule has 1 saturated heterocycles. The maximum atomic E-state index is 12.3. The Morgan fingerprint density at radius 1 is 1.25 bits per heavy atom. The lowest BCUT2D eigenvalue weighted by atomic mass is 10.2. The van der Waals surface area contributed by atoms with Gasteiger partial charge < -0.3 is 9.88 Å². The normalized spacial score (nSPS) is 15.4. The van der Waals surface area contributed by atoms with E-state index in [0.29, 0.717) is 0 Å². The number of hydrogen-bond acceptors (Lipinski definition) is 8. The van der Waals surface area contributed by atoms with Gasteiger partial charge in [-0.1, -0.05) is 11.8 Å². The van der Waals surface area contributed by atoms with Crippen LogP contribution in [0.5, 0.6) is 0 Å². The van der Waals surface area contributed by atoms with Crippen LogP contribution in [0.1, 0.15) is 16.9 Å². The van der Waals surface area contributed by atoms with Crippen molar-refractivity contribution in [2.24, 2.45) is 0 Å². The summed E-state index contributed by atoms with van der Waals surface area (Å²) in [6.45, 7) is 9.17. The molecule has 1 aliphatic heterocycles. The van der Waals surface area contributed by atoms with Gasteiger partial charge in [0, 0.05) is 43.0 Å². The van der Waals surface area contributed by atoms with Crippen LogP contribution in [0.15, 0.2) is 28.5 Å². The first kappa shape index (κ1) is 19.4. The van der Waals surface area contributed by atoms with Crippen molar-refractivity contribution in [3.05, 3.63) is 39.4 Å². The number of hydrogen-bond donors (Lipinski definition) is 1. The molecule has 1 fully saturated rings. The Morgan fingerprint density at radius 2 is 2.07 bits per heavy atom. The number of anilines is 1. The molecule has 0 radical (unpaired) electrons. The number of aromatic amines is 1. The summed E-state index contributed by atoms with van der Waals surface area (Å²) in [5, 5.41) is 1.47. The van der Waals surface area contributed by atoms with Crippen LogP contribution in [0, 0.1) is 13.8 Å². The van der Waals surface area contributed by atoms with Gasteiger partial charge in [-0.15, -0.1) is 11.3 Å². The lowest BCUT2D eigenvalue weighted by Gasteiger charge is -2.35. The molecule has 0 atom stereocenters. The Morgan fingerprint density at radius 3 is 2.82 bits per heavy atom. The molecule has 0 spiro atoms. The van der Waals surface area contributed by atoms with Gasteiger partial charge in [-0.3, -0.25) is 9.69 Å². The predicted octanol–water partition coefficient (Wildman–Crippen LogP) is 2.70. The van der Waals surface area contributed by atoms with Gasteiger partial charge in [0.2, 0.25) is 0 Å². The smallest absolute Gasteiger partial charge is 0.260 e. The predicted molar refractivity (Wildman–Crippen MR) is 116 cm³/mol. The van der Waals surface area contributed by atoms with Crippen molar-refractivity contribution in [3.8, 4) is 0 Å². The average Bonchev–Trinajstić information content (AvgIpc) is 3.00. The van der Waals surface area contributed by atoms with E-state index in [9.17, 15) is 4.79 Å². The van der Waals surface area contributed by atoms with E-state index in [-0.39, 0.29) is 5.56 Å². The van der Waals surface area contributed by atoms with E-state index in [2.05, 4.69) is 29.7 Å². The zero-order valence-corrected chi connectivity index (χ0v) is 17.8. The Hall–Kier alpha value is -1.97. The zero-order valence-electron chi connectivity index (χ0n) is 16.1. The number of H-pyrrole nitrogens is 1. The van der Waals surface area contributed by atoms with Crippen molar-refractivity contribution in [1.82, 2.24) is 24.8 Å². The van der Waals surface area contributed by atoms with E-state index in [1.54, 1.807) is 35.6 Å². The summed E-state index contributed by atoms with van der Waals surface area (Å²) in [5.74, 6) is 1.96. The number of aromatic nitrogens is 4.